The van der Waals surface area contributed by atoms with Gasteiger partial charge in [0, 0.05) is 11.1 Å². The summed E-state index contributed by atoms with van der Waals surface area (Å²) in [6.45, 7) is 3.67. The zero-order chi connectivity index (χ0) is 13.7. The van der Waals surface area contributed by atoms with Crippen molar-refractivity contribution in [3.63, 3.8) is 0 Å². The largest absolute Gasteiger partial charge is 0.496 e. The van der Waals surface area contributed by atoms with Crippen LogP contribution >= 0.6 is 0 Å². The lowest BCUT2D eigenvalue weighted by Gasteiger charge is -2.19. The number of aliphatic hydroxyl groups is 2. The Hall–Kier alpha value is -1.56. The molecule has 5 heteroatoms. The molecule has 0 spiro atoms. The minimum Gasteiger partial charge on any atom is -0.496 e. The van der Waals surface area contributed by atoms with Crippen LogP contribution in [-0.4, -0.2) is 30.7 Å². The van der Waals surface area contributed by atoms with E-state index < -0.39 is 12.3 Å². The van der Waals surface area contributed by atoms with Crippen LogP contribution in [0.1, 0.15) is 17.2 Å². The Kier molecular flexibility index (Phi) is 5.15. The molecule has 1 aromatic carbocycles. The quantitative estimate of drug-likeness (QED) is 0.514. The number of nitrogens with two attached hydrogens (primary N) is 1. The Morgan fingerprint density at radius 2 is 1.89 bits per heavy atom. The van der Waals surface area contributed by atoms with Crippen molar-refractivity contribution in [2.45, 2.75) is 18.8 Å². The van der Waals surface area contributed by atoms with Gasteiger partial charge in [-0.1, -0.05) is 6.08 Å². The standard InChI is InChI=1S/C13H19NO4/c1-4-5-8-6-11(18-3)9(7-10(8)17-2)12(15)13(14)16/h4,6-7,12-13,15-16H,1,5,14H2,2-3H3. The van der Waals surface area contributed by atoms with Crippen LogP contribution < -0.4 is 15.2 Å². The molecule has 0 aliphatic heterocycles. The highest BCUT2D eigenvalue weighted by Crippen LogP contribution is 2.33. The Labute approximate surface area is 106 Å². The van der Waals surface area contributed by atoms with Crippen LogP contribution in [0.15, 0.2) is 24.8 Å². The Balaban J connectivity index is 3.29. The molecule has 18 heavy (non-hydrogen) atoms. The number of benzene rings is 1. The van der Waals surface area contributed by atoms with Crippen LogP contribution in [0.5, 0.6) is 11.5 Å². The van der Waals surface area contributed by atoms with Gasteiger partial charge in [0.1, 0.15) is 23.8 Å². The van der Waals surface area contributed by atoms with Gasteiger partial charge in [0.15, 0.2) is 0 Å². The molecule has 2 atom stereocenters. The maximum absolute atomic E-state index is 9.82. The fraction of sp³-hybridized carbons (Fsp3) is 0.385. The third-order valence-corrected chi connectivity index (χ3v) is 2.64. The number of ether oxygens (including phenoxy) is 2. The van der Waals surface area contributed by atoms with E-state index in [1.807, 2.05) is 0 Å². The van der Waals surface area contributed by atoms with E-state index in [4.69, 9.17) is 15.2 Å². The molecule has 5 nitrogen and oxygen atoms in total. The molecular weight excluding hydrogens is 234 g/mol. The molecular formula is C13H19NO4. The minimum absolute atomic E-state index is 0.386. The fourth-order valence-electron chi connectivity index (χ4n) is 1.71. The lowest BCUT2D eigenvalue weighted by atomic mass is 10.0. The average molecular weight is 253 g/mol. The molecule has 0 radical (unpaired) electrons. The Morgan fingerprint density at radius 1 is 1.28 bits per heavy atom. The first-order chi connectivity index (χ1) is 8.54. The third kappa shape index (κ3) is 3.01. The summed E-state index contributed by atoms with van der Waals surface area (Å²) in [5.74, 6) is 1.04. The van der Waals surface area contributed by atoms with Gasteiger partial charge in [-0.3, -0.25) is 0 Å². The lowest BCUT2D eigenvalue weighted by Crippen LogP contribution is -2.27. The van der Waals surface area contributed by atoms with Gasteiger partial charge in [-0.05, 0) is 18.6 Å². The van der Waals surface area contributed by atoms with E-state index in [9.17, 15) is 10.2 Å². The van der Waals surface area contributed by atoms with Crippen molar-refractivity contribution in [2.24, 2.45) is 5.73 Å². The highest BCUT2D eigenvalue weighted by molar-refractivity contribution is 5.48. The summed E-state index contributed by atoms with van der Waals surface area (Å²) in [6, 6.07) is 3.35. The summed E-state index contributed by atoms with van der Waals surface area (Å²) >= 11 is 0. The van der Waals surface area contributed by atoms with Gasteiger partial charge >= 0.3 is 0 Å². The van der Waals surface area contributed by atoms with Crippen LogP contribution in [0.3, 0.4) is 0 Å². The first kappa shape index (κ1) is 14.5. The fourth-order valence-corrected chi connectivity index (χ4v) is 1.71. The molecule has 100 valence electrons. The first-order valence-corrected chi connectivity index (χ1v) is 5.52. The minimum atomic E-state index is -1.38. The predicted octanol–water partition coefficient (Wildman–Crippen LogP) is 0.743. The van der Waals surface area contributed by atoms with E-state index in [0.29, 0.717) is 23.5 Å². The van der Waals surface area contributed by atoms with Crippen molar-refractivity contribution in [1.29, 1.82) is 0 Å². The number of allylic oxidation sites excluding steroid dienone is 1. The van der Waals surface area contributed by atoms with E-state index in [1.165, 1.54) is 14.2 Å². The Morgan fingerprint density at radius 3 is 2.33 bits per heavy atom. The second kappa shape index (κ2) is 6.39. The smallest absolute Gasteiger partial charge is 0.133 e. The van der Waals surface area contributed by atoms with Crippen molar-refractivity contribution >= 4 is 0 Å². The van der Waals surface area contributed by atoms with Gasteiger partial charge in [-0.15, -0.1) is 6.58 Å². The van der Waals surface area contributed by atoms with Crippen LogP contribution in [0.4, 0.5) is 0 Å². The maximum Gasteiger partial charge on any atom is 0.133 e. The van der Waals surface area contributed by atoms with Crippen molar-refractivity contribution < 1.29 is 19.7 Å². The van der Waals surface area contributed by atoms with Crippen LogP contribution in [-0.2, 0) is 6.42 Å². The SMILES string of the molecule is C=CCc1cc(OC)c(C(O)C(N)O)cc1OC. The zero-order valence-corrected chi connectivity index (χ0v) is 10.6. The topological polar surface area (TPSA) is 84.9 Å². The van der Waals surface area contributed by atoms with Gasteiger partial charge < -0.3 is 25.4 Å². The summed E-state index contributed by atoms with van der Waals surface area (Å²) in [6.07, 6.45) is -0.257. The number of methoxy groups -OCH3 is 2. The normalized spacial score (nSPS) is 13.8. The molecule has 2 unspecified atom stereocenters. The second-order valence-corrected chi connectivity index (χ2v) is 3.83. The second-order valence-electron chi connectivity index (χ2n) is 3.83. The van der Waals surface area contributed by atoms with Gasteiger partial charge in [-0.2, -0.15) is 0 Å². The summed E-state index contributed by atoms with van der Waals surface area (Å²) < 4.78 is 10.4. The number of hydrogen-bond acceptors (Lipinski definition) is 5. The third-order valence-electron chi connectivity index (χ3n) is 2.64. The number of aliphatic hydroxyl groups excluding tert-OH is 2. The highest BCUT2D eigenvalue weighted by atomic mass is 16.5. The molecule has 0 heterocycles. The van der Waals surface area contributed by atoms with E-state index in [1.54, 1.807) is 18.2 Å². The molecule has 4 N–H and O–H groups in total. The van der Waals surface area contributed by atoms with Gasteiger partial charge in [-0.25, -0.2) is 0 Å². The Bertz CT molecular complexity index is 418. The summed E-state index contributed by atoms with van der Waals surface area (Å²) in [7, 11) is 3.02. The first-order valence-electron chi connectivity index (χ1n) is 5.52. The molecule has 0 aliphatic rings. The van der Waals surface area contributed by atoms with Crippen molar-refractivity contribution in [2.75, 3.05) is 14.2 Å². The van der Waals surface area contributed by atoms with Crippen LogP contribution in [0.25, 0.3) is 0 Å². The van der Waals surface area contributed by atoms with E-state index >= 15 is 0 Å². The van der Waals surface area contributed by atoms with Gasteiger partial charge in [0.2, 0.25) is 0 Å². The van der Waals surface area contributed by atoms with Crippen molar-refractivity contribution in [1.82, 2.24) is 0 Å². The predicted molar refractivity (Wildman–Crippen MR) is 68.6 cm³/mol. The number of hydrogen-bond donors (Lipinski definition) is 3. The molecule has 0 fully saturated rings. The number of rotatable bonds is 6. The van der Waals surface area contributed by atoms with Crippen LogP contribution in [0.2, 0.25) is 0 Å². The monoisotopic (exact) mass is 253 g/mol. The molecule has 0 bridgehead atoms. The molecule has 0 aliphatic carbocycles. The zero-order valence-electron chi connectivity index (χ0n) is 10.6. The van der Waals surface area contributed by atoms with E-state index in [0.717, 1.165) is 5.56 Å². The van der Waals surface area contributed by atoms with E-state index in [-0.39, 0.29) is 0 Å². The average Bonchev–Trinajstić information content (AvgIpc) is 2.37. The van der Waals surface area contributed by atoms with Gasteiger partial charge in [0.05, 0.1) is 14.2 Å². The molecule has 0 aromatic heterocycles. The van der Waals surface area contributed by atoms with Gasteiger partial charge in [0.25, 0.3) is 0 Å². The molecule has 1 rings (SSSR count). The summed E-state index contributed by atoms with van der Waals surface area (Å²) in [5, 5.41) is 19.1. The molecule has 0 amide bonds. The van der Waals surface area contributed by atoms with E-state index in [2.05, 4.69) is 6.58 Å². The molecule has 0 saturated heterocycles. The maximum atomic E-state index is 9.82. The molecule has 1 aromatic rings. The molecule has 0 saturated carbocycles. The lowest BCUT2D eigenvalue weighted by molar-refractivity contribution is 0.0212. The van der Waals surface area contributed by atoms with Crippen molar-refractivity contribution in [3.8, 4) is 11.5 Å². The summed E-state index contributed by atoms with van der Waals surface area (Å²) in [5.41, 5.74) is 6.54. The van der Waals surface area contributed by atoms with Crippen LogP contribution in [0, 0.1) is 0 Å². The highest BCUT2D eigenvalue weighted by Gasteiger charge is 2.21. The summed E-state index contributed by atoms with van der Waals surface area (Å²) in [4.78, 5) is 0. The van der Waals surface area contributed by atoms with Crippen molar-refractivity contribution in [3.05, 3.63) is 35.9 Å².